The molecule has 86 valence electrons. The molecular formula is C12H9NO4. The molecule has 2 aromatic carbocycles. The van der Waals surface area contributed by atoms with Gasteiger partial charge in [-0.3, -0.25) is 10.1 Å². The molecule has 5 nitrogen and oxygen atoms in total. The van der Waals surface area contributed by atoms with Gasteiger partial charge in [0.05, 0.1) is 4.92 Å². The van der Waals surface area contributed by atoms with Crippen molar-refractivity contribution in [3.8, 4) is 22.6 Å². The molecule has 0 aliphatic rings. The first-order chi connectivity index (χ1) is 8.08. The molecule has 0 radical (unpaired) electrons. The summed E-state index contributed by atoms with van der Waals surface area (Å²) >= 11 is 0. The van der Waals surface area contributed by atoms with Crippen molar-refractivity contribution in [1.82, 2.24) is 0 Å². The van der Waals surface area contributed by atoms with Crippen LogP contribution in [0.2, 0.25) is 0 Å². The monoisotopic (exact) mass is 231 g/mol. The SMILES string of the molecule is O=[N+]([O-])c1ccc(-c2cc(O)ccc2O)cc1. The summed E-state index contributed by atoms with van der Waals surface area (Å²) in [5, 5.41) is 29.4. The van der Waals surface area contributed by atoms with Crippen LogP contribution < -0.4 is 0 Å². The molecule has 0 spiro atoms. The molecule has 0 bridgehead atoms. The molecule has 0 atom stereocenters. The average molecular weight is 231 g/mol. The van der Waals surface area contributed by atoms with Crippen LogP contribution in [-0.4, -0.2) is 15.1 Å². The number of phenolic OH excluding ortho intramolecular Hbond substituents is 2. The lowest BCUT2D eigenvalue weighted by Crippen LogP contribution is -1.87. The summed E-state index contributed by atoms with van der Waals surface area (Å²) in [6, 6.07) is 9.86. The molecular weight excluding hydrogens is 222 g/mol. The number of rotatable bonds is 2. The fourth-order valence-corrected chi connectivity index (χ4v) is 1.52. The van der Waals surface area contributed by atoms with Gasteiger partial charge in [-0.15, -0.1) is 0 Å². The Labute approximate surface area is 96.7 Å². The minimum absolute atomic E-state index is 0.0108. The Bertz CT molecular complexity index is 563. The molecule has 0 fully saturated rings. The zero-order valence-electron chi connectivity index (χ0n) is 8.70. The Morgan fingerprint density at radius 2 is 1.65 bits per heavy atom. The Morgan fingerprint density at radius 1 is 1.00 bits per heavy atom. The zero-order chi connectivity index (χ0) is 12.4. The largest absolute Gasteiger partial charge is 0.508 e. The van der Waals surface area contributed by atoms with Crippen LogP contribution in [0, 0.1) is 10.1 Å². The Kier molecular flexibility index (Phi) is 2.66. The predicted octanol–water partition coefficient (Wildman–Crippen LogP) is 2.67. The number of aromatic hydroxyl groups is 2. The number of non-ortho nitro benzene ring substituents is 1. The van der Waals surface area contributed by atoms with Crippen LogP contribution in [0.25, 0.3) is 11.1 Å². The van der Waals surface area contributed by atoms with Crippen molar-refractivity contribution >= 4 is 5.69 Å². The van der Waals surface area contributed by atoms with Gasteiger partial charge >= 0.3 is 0 Å². The Hall–Kier alpha value is -2.56. The van der Waals surface area contributed by atoms with E-state index in [0.717, 1.165) is 0 Å². The summed E-state index contributed by atoms with van der Waals surface area (Å²) < 4.78 is 0. The first-order valence-electron chi connectivity index (χ1n) is 4.85. The van der Waals surface area contributed by atoms with Crippen molar-refractivity contribution in [3.05, 3.63) is 52.6 Å². The molecule has 2 N–H and O–H groups in total. The van der Waals surface area contributed by atoms with E-state index in [1.54, 1.807) is 0 Å². The van der Waals surface area contributed by atoms with Crippen molar-refractivity contribution in [2.75, 3.05) is 0 Å². The molecule has 2 rings (SSSR count). The normalized spacial score (nSPS) is 10.1. The van der Waals surface area contributed by atoms with Gasteiger partial charge in [0.15, 0.2) is 0 Å². The van der Waals surface area contributed by atoms with E-state index in [9.17, 15) is 20.3 Å². The number of phenols is 2. The van der Waals surface area contributed by atoms with Crippen LogP contribution in [0.15, 0.2) is 42.5 Å². The first-order valence-corrected chi connectivity index (χ1v) is 4.85. The van der Waals surface area contributed by atoms with Gasteiger partial charge in [-0.1, -0.05) is 0 Å². The van der Waals surface area contributed by atoms with E-state index in [-0.39, 0.29) is 17.2 Å². The number of nitro benzene ring substituents is 1. The predicted molar refractivity (Wildman–Crippen MR) is 61.9 cm³/mol. The fraction of sp³-hybridized carbons (Fsp3) is 0. The lowest BCUT2D eigenvalue weighted by Gasteiger charge is -2.05. The second-order valence-corrected chi connectivity index (χ2v) is 3.51. The maximum absolute atomic E-state index is 10.5. The molecule has 0 heterocycles. The topological polar surface area (TPSA) is 83.6 Å². The summed E-state index contributed by atoms with van der Waals surface area (Å²) in [6.45, 7) is 0. The molecule has 0 aliphatic heterocycles. The van der Waals surface area contributed by atoms with Crippen molar-refractivity contribution < 1.29 is 15.1 Å². The fourth-order valence-electron chi connectivity index (χ4n) is 1.52. The van der Waals surface area contributed by atoms with Gasteiger partial charge in [-0.05, 0) is 35.9 Å². The third-order valence-electron chi connectivity index (χ3n) is 2.37. The summed E-state index contributed by atoms with van der Waals surface area (Å²) in [6.07, 6.45) is 0. The lowest BCUT2D eigenvalue weighted by molar-refractivity contribution is -0.384. The molecule has 0 amide bonds. The number of benzene rings is 2. The molecule has 0 saturated heterocycles. The Balaban J connectivity index is 2.46. The summed E-state index contributed by atoms with van der Waals surface area (Å²) in [5.74, 6) is 0.0350. The number of hydrogen-bond donors (Lipinski definition) is 2. The second-order valence-electron chi connectivity index (χ2n) is 3.51. The lowest BCUT2D eigenvalue weighted by atomic mass is 10.0. The van der Waals surface area contributed by atoms with E-state index in [1.165, 1.54) is 42.5 Å². The number of hydrogen-bond acceptors (Lipinski definition) is 4. The third-order valence-corrected chi connectivity index (χ3v) is 2.37. The van der Waals surface area contributed by atoms with Crippen LogP contribution in [0.3, 0.4) is 0 Å². The van der Waals surface area contributed by atoms with E-state index < -0.39 is 4.92 Å². The molecule has 17 heavy (non-hydrogen) atoms. The highest BCUT2D eigenvalue weighted by Gasteiger charge is 2.08. The van der Waals surface area contributed by atoms with E-state index in [4.69, 9.17) is 0 Å². The van der Waals surface area contributed by atoms with Crippen LogP contribution in [-0.2, 0) is 0 Å². The van der Waals surface area contributed by atoms with Crippen LogP contribution in [0.5, 0.6) is 11.5 Å². The maximum atomic E-state index is 10.5. The van der Waals surface area contributed by atoms with Crippen LogP contribution >= 0.6 is 0 Å². The van der Waals surface area contributed by atoms with E-state index in [2.05, 4.69) is 0 Å². The van der Waals surface area contributed by atoms with Gasteiger partial charge in [-0.2, -0.15) is 0 Å². The minimum Gasteiger partial charge on any atom is -0.508 e. The molecule has 5 heteroatoms. The van der Waals surface area contributed by atoms with Crippen molar-refractivity contribution in [3.63, 3.8) is 0 Å². The highest BCUT2D eigenvalue weighted by molar-refractivity contribution is 5.72. The van der Waals surface area contributed by atoms with Gasteiger partial charge in [0.2, 0.25) is 0 Å². The highest BCUT2D eigenvalue weighted by Crippen LogP contribution is 2.32. The minimum atomic E-state index is -0.494. The quantitative estimate of drug-likeness (QED) is 0.472. The van der Waals surface area contributed by atoms with Crippen molar-refractivity contribution in [1.29, 1.82) is 0 Å². The van der Waals surface area contributed by atoms with Gasteiger partial charge < -0.3 is 10.2 Å². The first kappa shape index (κ1) is 10.9. The Morgan fingerprint density at radius 3 is 2.24 bits per heavy atom. The molecule has 0 unspecified atom stereocenters. The smallest absolute Gasteiger partial charge is 0.269 e. The van der Waals surface area contributed by atoms with Crippen LogP contribution in [0.4, 0.5) is 5.69 Å². The van der Waals surface area contributed by atoms with Gasteiger partial charge in [0, 0.05) is 17.7 Å². The summed E-state index contributed by atoms with van der Waals surface area (Å²) in [5.41, 5.74) is 1.01. The van der Waals surface area contributed by atoms with E-state index >= 15 is 0 Å². The maximum Gasteiger partial charge on any atom is 0.269 e. The van der Waals surface area contributed by atoms with Gasteiger partial charge in [0.25, 0.3) is 5.69 Å². The van der Waals surface area contributed by atoms with Gasteiger partial charge in [0.1, 0.15) is 11.5 Å². The zero-order valence-corrected chi connectivity index (χ0v) is 8.70. The van der Waals surface area contributed by atoms with Gasteiger partial charge in [-0.25, -0.2) is 0 Å². The number of nitro groups is 1. The molecule has 0 aliphatic carbocycles. The molecule has 0 aromatic heterocycles. The van der Waals surface area contributed by atoms with Crippen molar-refractivity contribution in [2.45, 2.75) is 0 Å². The van der Waals surface area contributed by atoms with E-state index in [1.807, 2.05) is 0 Å². The summed E-state index contributed by atoms with van der Waals surface area (Å²) in [7, 11) is 0. The third kappa shape index (κ3) is 2.17. The standard InChI is InChI=1S/C12H9NO4/c14-10-5-6-12(15)11(7-10)8-1-3-9(4-2-8)13(16)17/h1-7,14-15H. The summed E-state index contributed by atoms with van der Waals surface area (Å²) in [4.78, 5) is 9.99. The highest BCUT2D eigenvalue weighted by atomic mass is 16.6. The number of nitrogens with zero attached hydrogens (tertiary/aromatic N) is 1. The van der Waals surface area contributed by atoms with E-state index in [0.29, 0.717) is 11.1 Å². The van der Waals surface area contributed by atoms with Crippen LogP contribution in [0.1, 0.15) is 0 Å². The van der Waals surface area contributed by atoms with Crippen molar-refractivity contribution in [2.24, 2.45) is 0 Å². The average Bonchev–Trinajstić information content (AvgIpc) is 2.32. The molecule has 0 saturated carbocycles. The molecule has 2 aromatic rings. The second kappa shape index (κ2) is 4.13.